The number of carbonyl (C=O) groups excluding carboxylic acids is 1. The molecule has 0 radical (unpaired) electrons. The topological polar surface area (TPSA) is 127 Å². The van der Waals surface area contributed by atoms with E-state index in [1.165, 1.54) is 0 Å². The van der Waals surface area contributed by atoms with Gasteiger partial charge in [0.1, 0.15) is 12.7 Å². The van der Waals surface area contributed by atoms with Gasteiger partial charge in [0.2, 0.25) is 0 Å². The first-order valence-electron chi connectivity index (χ1n) is 6.62. The Bertz CT molecular complexity index is 327. The van der Waals surface area contributed by atoms with Gasteiger partial charge in [0.25, 0.3) is 0 Å². The number of nitrogens with two attached hydrogens (primary N) is 1. The molecule has 0 saturated carbocycles. The standard InChI is InChI=1S/C11H24NO8P/c1-3-16-7-10(18-9-11(13)17-4-2)8-20-21(14,15)19-6-5-12/h10H,3-9,12H2,1-2H3,(H,14,15). The number of phosphoric acid groups is 1. The van der Waals surface area contributed by atoms with Gasteiger partial charge >= 0.3 is 13.8 Å². The lowest BCUT2D eigenvalue weighted by Gasteiger charge is -2.19. The Labute approximate surface area is 124 Å². The number of esters is 1. The smallest absolute Gasteiger partial charge is 0.464 e. The van der Waals surface area contributed by atoms with Gasteiger partial charge in [-0.2, -0.15) is 0 Å². The number of ether oxygens (including phenoxy) is 3. The van der Waals surface area contributed by atoms with Crippen molar-refractivity contribution in [2.45, 2.75) is 20.0 Å². The van der Waals surface area contributed by atoms with Gasteiger partial charge in [0.05, 0.1) is 26.4 Å². The molecule has 0 aliphatic heterocycles. The fraction of sp³-hybridized carbons (Fsp3) is 0.909. The van der Waals surface area contributed by atoms with Gasteiger partial charge in [-0.25, -0.2) is 9.36 Å². The number of phosphoric ester groups is 1. The molecular formula is C11H24NO8P. The van der Waals surface area contributed by atoms with Gasteiger partial charge in [-0.1, -0.05) is 0 Å². The Hall–Kier alpha value is -0.540. The van der Waals surface area contributed by atoms with Crippen LogP contribution in [0.2, 0.25) is 0 Å². The van der Waals surface area contributed by atoms with E-state index in [-0.39, 0.29) is 39.6 Å². The molecule has 0 aromatic carbocycles. The summed E-state index contributed by atoms with van der Waals surface area (Å²) in [4.78, 5) is 20.5. The zero-order valence-electron chi connectivity index (χ0n) is 12.4. The first kappa shape index (κ1) is 20.5. The summed E-state index contributed by atoms with van der Waals surface area (Å²) in [7, 11) is -4.19. The molecule has 0 aromatic heterocycles. The van der Waals surface area contributed by atoms with Crippen LogP contribution in [0.25, 0.3) is 0 Å². The largest absolute Gasteiger partial charge is 0.472 e. The summed E-state index contributed by atoms with van der Waals surface area (Å²) in [6.45, 7) is 3.66. The van der Waals surface area contributed by atoms with E-state index in [2.05, 4.69) is 4.52 Å². The van der Waals surface area contributed by atoms with Gasteiger partial charge in [-0.15, -0.1) is 0 Å². The summed E-state index contributed by atoms with van der Waals surface area (Å²) in [6, 6.07) is 0. The van der Waals surface area contributed by atoms with Crippen molar-refractivity contribution in [2.24, 2.45) is 5.73 Å². The Morgan fingerprint density at radius 1 is 1.24 bits per heavy atom. The second-order valence-electron chi connectivity index (χ2n) is 3.78. The lowest BCUT2D eigenvalue weighted by Crippen LogP contribution is -2.28. The van der Waals surface area contributed by atoms with Crippen molar-refractivity contribution in [1.82, 2.24) is 0 Å². The zero-order valence-corrected chi connectivity index (χ0v) is 13.3. The maximum Gasteiger partial charge on any atom is 0.472 e. The summed E-state index contributed by atoms with van der Waals surface area (Å²) in [5.74, 6) is -0.537. The molecule has 0 amide bonds. The average molecular weight is 329 g/mol. The van der Waals surface area contributed by atoms with Crippen LogP contribution in [-0.4, -0.2) is 63.2 Å². The summed E-state index contributed by atoms with van der Waals surface area (Å²) in [5, 5.41) is 0. The number of hydrogen-bond donors (Lipinski definition) is 2. The molecule has 0 rings (SSSR count). The van der Waals surface area contributed by atoms with Crippen molar-refractivity contribution >= 4 is 13.8 Å². The molecule has 0 bridgehead atoms. The quantitative estimate of drug-likeness (QED) is 0.356. The van der Waals surface area contributed by atoms with Crippen LogP contribution in [0.15, 0.2) is 0 Å². The van der Waals surface area contributed by atoms with Gasteiger partial charge in [-0.3, -0.25) is 9.05 Å². The van der Waals surface area contributed by atoms with E-state index in [9.17, 15) is 14.3 Å². The highest BCUT2D eigenvalue weighted by Gasteiger charge is 2.24. The lowest BCUT2D eigenvalue weighted by atomic mass is 10.4. The first-order chi connectivity index (χ1) is 9.95. The van der Waals surface area contributed by atoms with Crippen LogP contribution in [0.3, 0.4) is 0 Å². The average Bonchev–Trinajstić information content (AvgIpc) is 2.44. The molecule has 0 saturated heterocycles. The second kappa shape index (κ2) is 12.0. The van der Waals surface area contributed by atoms with Crippen LogP contribution in [-0.2, 0) is 32.6 Å². The SMILES string of the molecule is CCOCC(COP(=O)(O)OCCN)OCC(=O)OCC. The summed E-state index contributed by atoms with van der Waals surface area (Å²) in [6.07, 6.45) is -0.698. The highest BCUT2D eigenvalue weighted by atomic mass is 31.2. The molecule has 0 fully saturated rings. The fourth-order valence-corrected chi connectivity index (χ4v) is 1.93. The highest BCUT2D eigenvalue weighted by molar-refractivity contribution is 7.47. The van der Waals surface area contributed by atoms with Crippen molar-refractivity contribution in [2.75, 3.05) is 46.2 Å². The Morgan fingerprint density at radius 2 is 1.95 bits per heavy atom. The molecule has 0 spiro atoms. The minimum Gasteiger partial charge on any atom is -0.464 e. The molecule has 0 aliphatic rings. The number of hydrogen-bond acceptors (Lipinski definition) is 8. The van der Waals surface area contributed by atoms with Crippen LogP contribution in [0, 0.1) is 0 Å². The van der Waals surface area contributed by atoms with Crippen LogP contribution in [0.4, 0.5) is 0 Å². The molecule has 0 aromatic rings. The van der Waals surface area contributed by atoms with E-state index in [1.54, 1.807) is 13.8 Å². The second-order valence-corrected chi connectivity index (χ2v) is 5.24. The molecule has 126 valence electrons. The fourth-order valence-electron chi connectivity index (χ4n) is 1.16. The van der Waals surface area contributed by atoms with Crippen LogP contribution in [0.1, 0.15) is 13.8 Å². The van der Waals surface area contributed by atoms with Crippen molar-refractivity contribution in [3.63, 3.8) is 0 Å². The maximum absolute atomic E-state index is 11.5. The molecule has 21 heavy (non-hydrogen) atoms. The highest BCUT2D eigenvalue weighted by Crippen LogP contribution is 2.42. The number of carbonyl (C=O) groups is 1. The minimum atomic E-state index is -4.19. The van der Waals surface area contributed by atoms with Gasteiger partial charge < -0.3 is 24.8 Å². The Kier molecular flexibility index (Phi) is 11.7. The summed E-state index contributed by atoms with van der Waals surface area (Å²) in [5.41, 5.74) is 5.16. The van der Waals surface area contributed by atoms with Gasteiger partial charge in [0.15, 0.2) is 0 Å². The van der Waals surface area contributed by atoms with E-state index in [4.69, 9.17) is 24.5 Å². The van der Waals surface area contributed by atoms with Crippen LogP contribution in [0.5, 0.6) is 0 Å². The number of rotatable bonds is 13. The molecule has 2 atom stereocenters. The summed E-state index contributed by atoms with van der Waals surface area (Å²) < 4.78 is 35.9. The first-order valence-corrected chi connectivity index (χ1v) is 8.11. The van der Waals surface area contributed by atoms with Gasteiger partial charge in [-0.05, 0) is 13.8 Å². The molecular weight excluding hydrogens is 305 g/mol. The zero-order chi connectivity index (χ0) is 16.1. The lowest BCUT2D eigenvalue weighted by molar-refractivity contribution is -0.152. The van der Waals surface area contributed by atoms with E-state index < -0.39 is 19.9 Å². The Balaban J connectivity index is 4.21. The minimum absolute atomic E-state index is 0.0929. The van der Waals surface area contributed by atoms with Crippen LogP contribution < -0.4 is 5.73 Å². The predicted molar refractivity (Wildman–Crippen MR) is 73.6 cm³/mol. The van der Waals surface area contributed by atoms with Gasteiger partial charge in [0, 0.05) is 13.2 Å². The molecule has 2 unspecified atom stereocenters. The van der Waals surface area contributed by atoms with Crippen molar-refractivity contribution in [3.05, 3.63) is 0 Å². The van der Waals surface area contributed by atoms with E-state index in [0.29, 0.717) is 6.61 Å². The maximum atomic E-state index is 11.5. The van der Waals surface area contributed by atoms with Crippen molar-refractivity contribution in [3.8, 4) is 0 Å². The third kappa shape index (κ3) is 11.8. The molecule has 3 N–H and O–H groups in total. The third-order valence-corrected chi connectivity index (χ3v) is 3.03. The van der Waals surface area contributed by atoms with E-state index in [0.717, 1.165) is 0 Å². The molecule has 0 heterocycles. The molecule has 10 heteroatoms. The Morgan fingerprint density at radius 3 is 2.52 bits per heavy atom. The van der Waals surface area contributed by atoms with E-state index in [1.807, 2.05) is 0 Å². The van der Waals surface area contributed by atoms with Crippen LogP contribution >= 0.6 is 7.82 Å². The monoisotopic (exact) mass is 329 g/mol. The third-order valence-electron chi connectivity index (χ3n) is 2.05. The molecule has 0 aliphatic carbocycles. The molecule has 9 nitrogen and oxygen atoms in total. The summed E-state index contributed by atoms with van der Waals surface area (Å²) >= 11 is 0. The predicted octanol–water partition coefficient (Wildman–Crippen LogP) is 0.0635. The van der Waals surface area contributed by atoms with E-state index >= 15 is 0 Å². The normalized spacial score (nSPS) is 15.4. The van der Waals surface area contributed by atoms with Crippen molar-refractivity contribution < 1.29 is 37.5 Å². The van der Waals surface area contributed by atoms with Crippen molar-refractivity contribution in [1.29, 1.82) is 0 Å².